The van der Waals surface area contributed by atoms with Gasteiger partial charge >= 0.3 is 5.97 Å². The van der Waals surface area contributed by atoms with Gasteiger partial charge in [0.15, 0.2) is 0 Å². The number of rotatable bonds is 18. The minimum Gasteiger partial charge on any atom is -0.466 e. The van der Waals surface area contributed by atoms with Gasteiger partial charge in [0.05, 0.1) is 6.61 Å². The molecule has 0 heterocycles. The van der Waals surface area contributed by atoms with E-state index in [4.69, 9.17) is 4.74 Å². The average molecular weight is 355 g/mol. The molecule has 2 heteroatoms. The summed E-state index contributed by atoms with van der Waals surface area (Å²) in [5, 5.41) is 0. The summed E-state index contributed by atoms with van der Waals surface area (Å²) in [5.41, 5.74) is 0. The van der Waals surface area contributed by atoms with Crippen LogP contribution in [0.15, 0.2) is 0 Å². The summed E-state index contributed by atoms with van der Waals surface area (Å²) in [6.07, 6.45) is 19.4. The Kier molecular flexibility index (Phi) is 17.9. The van der Waals surface area contributed by atoms with Crippen molar-refractivity contribution in [1.29, 1.82) is 0 Å². The fourth-order valence-corrected chi connectivity index (χ4v) is 3.39. The van der Waals surface area contributed by atoms with Crippen molar-refractivity contribution in [3.63, 3.8) is 0 Å². The lowest BCUT2D eigenvalue weighted by Gasteiger charge is -2.11. The number of carbonyl (C=O) groups excluding carboxylic acids is 1. The predicted octanol–water partition coefficient (Wildman–Crippen LogP) is 7.69. The van der Waals surface area contributed by atoms with Crippen LogP contribution in [0.5, 0.6) is 0 Å². The molecule has 0 aliphatic heterocycles. The van der Waals surface area contributed by atoms with E-state index < -0.39 is 0 Å². The molecule has 0 spiro atoms. The zero-order valence-electron chi connectivity index (χ0n) is 17.8. The molecule has 0 bridgehead atoms. The molecule has 0 rings (SSSR count). The second-order valence-corrected chi connectivity index (χ2v) is 8.08. The van der Waals surface area contributed by atoms with Gasteiger partial charge in [0.25, 0.3) is 0 Å². The summed E-state index contributed by atoms with van der Waals surface area (Å²) in [6.45, 7) is 9.48. The van der Waals surface area contributed by atoms with Crippen LogP contribution in [0, 0.1) is 11.8 Å². The van der Waals surface area contributed by atoms with Gasteiger partial charge in [0.1, 0.15) is 0 Å². The molecule has 0 aliphatic carbocycles. The third kappa shape index (κ3) is 18.1. The van der Waals surface area contributed by atoms with Crippen molar-refractivity contribution < 1.29 is 9.53 Å². The third-order valence-corrected chi connectivity index (χ3v) is 5.47. The lowest BCUT2D eigenvalue weighted by atomic mass is 9.95. The molecule has 0 aromatic carbocycles. The lowest BCUT2D eigenvalue weighted by Crippen LogP contribution is -2.03. The normalized spacial score (nSPS) is 13.6. The first-order chi connectivity index (χ1) is 12.1. The van der Waals surface area contributed by atoms with E-state index in [-0.39, 0.29) is 5.97 Å². The molecule has 0 aromatic heterocycles. The number of hydrogen-bond donors (Lipinski definition) is 0. The van der Waals surface area contributed by atoms with Crippen molar-refractivity contribution in [1.82, 2.24) is 0 Å². The quantitative estimate of drug-likeness (QED) is 0.186. The van der Waals surface area contributed by atoms with Gasteiger partial charge in [-0.15, -0.1) is 0 Å². The Bertz CT molecular complexity index is 288. The van der Waals surface area contributed by atoms with Gasteiger partial charge in [0.2, 0.25) is 0 Å². The first kappa shape index (κ1) is 24.5. The highest BCUT2D eigenvalue weighted by atomic mass is 16.5. The van der Waals surface area contributed by atoms with Crippen molar-refractivity contribution in [3.8, 4) is 0 Å². The number of esters is 1. The highest BCUT2D eigenvalue weighted by molar-refractivity contribution is 5.69. The molecule has 0 aromatic rings. The van der Waals surface area contributed by atoms with Crippen molar-refractivity contribution in [3.05, 3.63) is 0 Å². The molecule has 2 unspecified atom stereocenters. The van der Waals surface area contributed by atoms with E-state index in [1.54, 1.807) is 0 Å². The van der Waals surface area contributed by atoms with Gasteiger partial charge in [-0.25, -0.2) is 0 Å². The highest BCUT2D eigenvalue weighted by Crippen LogP contribution is 2.19. The van der Waals surface area contributed by atoms with E-state index in [9.17, 15) is 4.79 Å². The lowest BCUT2D eigenvalue weighted by molar-refractivity contribution is -0.143. The molecule has 0 fully saturated rings. The molecule has 0 amide bonds. The molecular formula is C23H46O2. The van der Waals surface area contributed by atoms with Gasteiger partial charge in [-0.2, -0.15) is 0 Å². The standard InChI is InChI=1S/C23H46O2/c1-5-21(3)17-13-11-12-15-19-22(4)18-14-9-7-8-10-16-20-23(24)25-6-2/h21-22H,5-20H2,1-4H3. The summed E-state index contributed by atoms with van der Waals surface area (Å²) in [6, 6.07) is 0. The van der Waals surface area contributed by atoms with Crippen LogP contribution in [0.25, 0.3) is 0 Å². The average Bonchev–Trinajstić information content (AvgIpc) is 2.60. The maximum Gasteiger partial charge on any atom is 0.305 e. The van der Waals surface area contributed by atoms with Gasteiger partial charge in [-0.1, -0.05) is 104 Å². The van der Waals surface area contributed by atoms with Gasteiger partial charge in [0, 0.05) is 6.42 Å². The van der Waals surface area contributed by atoms with E-state index in [0.717, 1.165) is 18.3 Å². The zero-order valence-corrected chi connectivity index (χ0v) is 17.8. The van der Waals surface area contributed by atoms with Crippen LogP contribution in [0.1, 0.15) is 124 Å². The van der Waals surface area contributed by atoms with E-state index in [0.29, 0.717) is 13.0 Å². The molecule has 2 atom stereocenters. The maximum atomic E-state index is 11.2. The van der Waals surface area contributed by atoms with Crippen LogP contribution < -0.4 is 0 Å². The van der Waals surface area contributed by atoms with Crippen LogP contribution in [0.4, 0.5) is 0 Å². The Morgan fingerprint density at radius 1 is 0.680 bits per heavy atom. The van der Waals surface area contributed by atoms with Crippen molar-refractivity contribution in [2.75, 3.05) is 6.61 Å². The van der Waals surface area contributed by atoms with Gasteiger partial charge < -0.3 is 4.74 Å². The number of carbonyl (C=O) groups is 1. The predicted molar refractivity (Wildman–Crippen MR) is 110 cm³/mol. The SMILES string of the molecule is CCOC(=O)CCCCCCCCC(C)CCCCCCC(C)CC. The first-order valence-electron chi connectivity index (χ1n) is 11.3. The van der Waals surface area contributed by atoms with Crippen molar-refractivity contribution >= 4 is 5.97 Å². The van der Waals surface area contributed by atoms with Crippen LogP contribution in [-0.2, 0) is 9.53 Å². The second-order valence-electron chi connectivity index (χ2n) is 8.08. The number of unbranched alkanes of at least 4 members (excludes halogenated alkanes) is 8. The summed E-state index contributed by atoms with van der Waals surface area (Å²) in [7, 11) is 0. The van der Waals surface area contributed by atoms with Gasteiger partial charge in [-0.3, -0.25) is 4.79 Å². The largest absolute Gasteiger partial charge is 0.466 e. The van der Waals surface area contributed by atoms with E-state index in [1.165, 1.54) is 83.5 Å². The topological polar surface area (TPSA) is 26.3 Å². The van der Waals surface area contributed by atoms with Gasteiger partial charge in [-0.05, 0) is 25.2 Å². The number of ether oxygens (including phenoxy) is 1. The van der Waals surface area contributed by atoms with Crippen LogP contribution in [0.2, 0.25) is 0 Å². The Balaban J connectivity index is 3.25. The summed E-state index contributed by atoms with van der Waals surface area (Å²) >= 11 is 0. The highest BCUT2D eigenvalue weighted by Gasteiger charge is 2.04. The molecule has 150 valence electrons. The molecule has 0 N–H and O–H groups in total. The fraction of sp³-hybridized carbons (Fsp3) is 0.957. The maximum absolute atomic E-state index is 11.2. The van der Waals surface area contributed by atoms with E-state index in [2.05, 4.69) is 20.8 Å². The molecular weight excluding hydrogens is 308 g/mol. The summed E-state index contributed by atoms with van der Waals surface area (Å²) < 4.78 is 4.94. The minimum atomic E-state index is -0.0313. The molecule has 2 nitrogen and oxygen atoms in total. The van der Waals surface area contributed by atoms with Crippen molar-refractivity contribution in [2.24, 2.45) is 11.8 Å². The Labute approximate surface area is 158 Å². The monoisotopic (exact) mass is 354 g/mol. The Morgan fingerprint density at radius 2 is 1.12 bits per heavy atom. The molecule has 25 heavy (non-hydrogen) atoms. The fourth-order valence-electron chi connectivity index (χ4n) is 3.39. The van der Waals surface area contributed by atoms with E-state index >= 15 is 0 Å². The third-order valence-electron chi connectivity index (χ3n) is 5.47. The van der Waals surface area contributed by atoms with Crippen LogP contribution in [0.3, 0.4) is 0 Å². The first-order valence-corrected chi connectivity index (χ1v) is 11.3. The van der Waals surface area contributed by atoms with Crippen molar-refractivity contribution in [2.45, 2.75) is 124 Å². The molecule has 0 aliphatic rings. The summed E-state index contributed by atoms with van der Waals surface area (Å²) in [4.78, 5) is 11.2. The number of hydrogen-bond acceptors (Lipinski definition) is 2. The molecule has 0 saturated heterocycles. The smallest absolute Gasteiger partial charge is 0.305 e. The Hall–Kier alpha value is -0.530. The second kappa shape index (κ2) is 18.3. The molecule has 0 radical (unpaired) electrons. The molecule has 0 saturated carbocycles. The Morgan fingerprint density at radius 3 is 1.60 bits per heavy atom. The van der Waals surface area contributed by atoms with Crippen LogP contribution >= 0.6 is 0 Å². The van der Waals surface area contributed by atoms with E-state index in [1.807, 2.05) is 6.92 Å². The van der Waals surface area contributed by atoms with Crippen LogP contribution in [-0.4, -0.2) is 12.6 Å². The minimum absolute atomic E-state index is 0.0313. The summed E-state index contributed by atoms with van der Waals surface area (Å²) in [5.74, 6) is 1.79. The zero-order chi connectivity index (χ0) is 18.8.